The predicted octanol–water partition coefficient (Wildman–Crippen LogP) is 3.88. The van der Waals surface area contributed by atoms with E-state index in [-0.39, 0.29) is 11.9 Å². The molecule has 1 saturated heterocycles. The molecule has 1 amide bonds. The molecule has 1 aliphatic rings. The molecule has 4 rings (SSSR count). The van der Waals surface area contributed by atoms with Crippen molar-refractivity contribution in [1.29, 1.82) is 0 Å². The number of carbonyl (C=O) groups is 1. The van der Waals surface area contributed by atoms with Crippen molar-refractivity contribution < 1.29 is 4.79 Å². The lowest BCUT2D eigenvalue weighted by Gasteiger charge is -2.16. The smallest absolute Gasteiger partial charge is 0.271 e. The van der Waals surface area contributed by atoms with E-state index in [1.165, 1.54) is 16.9 Å². The molecule has 2 aromatic heterocycles. The molecule has 4 nitrogen and oxygen atoms in total. The van der Waals surface area contributed by atoms with E-state index >= 15 is 0 Å². The highest BCUT2D eigenvalue weighted by Crippen LogP contribution is 2.25. The molecule has 6 heteroatoms. The van der Waals surface area contributed by atoms with Crippen LogP contribution in [0.4, 0.5) is 0 Å². The van der Waals surface area contributed by atoms with Crippen molar-refractivity contribution >= 4 is 28.6 Å². The average molecular weight is 370 g/mol. The normalized spacial score (nSPS) is 17.7. The topological polar surface area (TPSA) is 45.2 Å². The third kappa shape index (κ3) is 3.98. The number of hydrogen-bond acceptors (Lipinski definition) is 5. The number of hydrogen-bond donors (Lipinski definition) is 1. The molecule has 128 valence electrons. The van der Waals surface area contributed by atoms with Gasteiger partial charge in [-0.2, -0.15) is 11.3 Å². The lowest BCUT2D eigenvalue weighted by atomic mass is 10.2. The molecular formula is C19H19N3OS2. The summed E-state index contributed by atoms with van der Waals surface area (Å²) in [6, 6.07) is 12.7. The highest BCUT2D eigenvalue weighted by atomic mass is 32.1. The Hall–Kier alpha value is -2.02. The van der Waals surface area contributed by atoms with Crippen LogP contribution in [0, 0.1) is 0 Å². The van der Waals surface area contributed by atoms with Gasteiger partial charge in [0.25, 0.3) is 5.91 Å². The van der Waals surface area contributed by atoms with E-state index in [1.54, 1.807) is 11.3 Å². The standard InChI is InChI=1S/C19H19N3OS2/c23-18(17-13-25-19(21-17)15-7-9-24-12-15)20-16-6-8-22(11-16)10-14-4-2-1-3-5-14/h1-5,7,9,12-13,16H,6,8,10-11H2,(H,20,23). The summed E-state index contributed by atoms with van der Waals surface area (Å²) in [5, 5.41) is 9.97. The molecule has 0 bridgehead atoms. The summed E-state index contributed by atoms with van der Waals surface area (Å²) in [6.07, 6.45) is 0.986. The molecule has 3 aromatic rings. The maximum absolute atomic E-state index is 12.5. The van der Waals surface area contributed by atoms with Crippen LogP contribution in [0.1, 0.15) is 22.5 Å². The fraction of sp³-hybridized carbons (Fsp3) is 0.263. The SMILES string of the molecule is O=C(NC1CCN(Cc2ccccc2)C1)c1csc(-c2ccsc2)n1. The Kier molecular flexibility index (Phi) is 4.92. The molecule has 25 heavy (non-hydrogen) atoms. The third-order valence-corrected chi connectivity index (χ3v) is 5.94. The second kappa shape index (κ2) is 7.47. The number of nitrogens with zero attached hydrogens (tertiary/aromatic N) is 2. The molecule has 1 N–H and O–H groups in total. The molecule has 0 spiro atoms. The van der Waals surface area contributed by atoms with Gasteiger partial charge in [-0.1, -0.05) is 30.3 Å². The minimum Gasteiger partial charge on any atom is -0.347 e. The largest absolute Gasteiger partial charge is 0.347 e. The van der Waals surface area contributed by atoms with Gasteiger partial charge in [-0.3, -0.25) is 9.69 Å². The molecule has 1 atom stereocenters. The van der Waals surface area contributed by atoms with Crippen LogP contribution in [-0.2, 0) is 6.54 Å². The van der Waals surface area contributed by atoms with E-state index in [0.29, 0.717) is 5.69 Å². The van der Waals surface area contributed by atoms with E-state index in [4.69, 9.17) is 0 Å². The van der Waals surface area contributed by atoms with E-state index < -0.39 is 0 Å². The molecule has 1 fully saturated rings. The van der Waals surface area contributed by atoms with E-state index in [9.17, 15) is 4.79 Å². The molecule has 1 unspecified atom stereocenters. The Bertz CT molecular complexity index is 829. The summed E-state index contributed by atoms with van der Waals surface area (Å²) >= 11 is 3.16. The fourth-order valence-electron chi connectivity index (χ4n) is 3.09. The van der Waals surface area contributed by atoms with Crippen LogP contribution < -0.4 is 5.32 Å². The van der Waals surface area contributed by atoms with Crippen molar-refractivity contribution in [2.24, 2.45) is 0 Å². The van der Waals surface area contributed by atoms with Gasteiger partial charge >= 0.3 is 0 Å². The lowest BCUT2D eigenvalue weighted by Crippen LogP contribution is -2.37. The Morgan fingerprint density at radius 1 is 1.24 bits per heavy atom. The zero-order chi connectivity index (χ0) is 17.1. The van der Waals surface area contributed by atoms with Gasteiger partial charge in [0.05, 0.1) is 0 Å². The maximum atomic E-state index is 12.5. The monoisotopic (exact) mass is 369 g/mol. The predicted molar refractivity (Wildman–Crippen MR) is 103 cm³/mol. The van der Waals surface area contributed by atoms with Crippen LogP contribution in [0.2, 0.25) is 0 Å². The van der Waals surface area contributed by atoms with Crippen molar-refractivity contribution in [3.8, 4) is 10.6 Å². The van der Waals surface area contributed by atoms with Gasteiger partial charge in [0.2, 0.25) is 0 Å². The Balaban J connectivity index is 1.33. The number of amides is 1. The van der Waals surface area contributed by atoms with Gasteiger partial charge in [0, 0.05) is 42.0 Å². The molecule has 0 radical (unpaired) electrons. The molecule has 0 saturated carbocycles. The van der Waals surface area contributed by atoms with Crippen molar-refractivity contribution in [3.63, 3.8) is 0 Å². The van der Waals surface area contributed by atoms with Crippen molar-refractivity contribution in [2.45, 2.75) is 19.0 Å². The number of rotatable bonds is 5. The van der Waals surface area contributed by atoms with Crippen LogP contribution in [0.5, 0.6) is 0 Å². The number of nitrogens with one attached hydrogen (secondary N) is 1. The van der Waals surface area contributed by atoms with Crippen molar-refractivity contribution in [3.05, 3.63) is 63.8 Å². The number of thiazole rings is 1. The van der Waals surface area contributed by atoms with Gasteiger partial charge in [0.15, 0.2) is 0 Å². The van der Waals surface area contributed by atoms with Crippen LogP contribution in [0.15, 0.2) is 52.5 Å². The molecule has 3 heterocycles. The van der Waals surface area contributed by atoms with Gasteiger partial charge in [-0.15, -0.1) is 11.3 Å². The molecule has 1 aromatic carbocycles. The van der Waals surface area contributed by atoms with Crippen LogP contribution in [-0.4, -0.2) is 34.9 Å². The Morgan fingerprint density at radius 2 is 2.12 bits per heavy atom. The zero-order valence-electron chi connectivity index (χ0n) is 13.7. The fourth-order valence-corrected chi connectivity index (χ4v) is 4.60. The first-order valence-corrected chi connectivity index (χ1v) is 10.2. The van der Waals surface area contributed by atoms with Gasteiger partial charge in [-0.25, -0.2) is 4.98 Å². The van der Waals surface area contributed by atoms with Crippen LogP contribution in [0.3, 0.4) is 0 Å². The Labute approximate surface area is 155 Å². The van der Waals surface area contributed by atoms with Crippen LogP contribution >= 0.6 is 22.7 Å². The summed E-state index contributed by atoms with van der Waals surface area (Å²) in [4.78, 5) is 19.3. The van der Waals surface area contributed by atoms with Crippen molar-refractivity contribution in [2.75, 3.05) is 13.1 Å². The zero-order valence-corrected chi connectivity index (χ0v) is 15.4. The second-order valence-corrected chi connectivity index (χ2v) is 7.87. The summed E-state index contributed by atoms with van der Waals surface area (Å²) < 4.78 is 0. The highest BCUT2D eigenvalue weighted by Gasteiger charge is 2.25. The summed E-state index contributed by atoms with van der Waals surface area (Å²) in [5.74, 6) is -0.0655. The van der Waals surface area contributed by atoms with Gasteiger partial charge in [0.1, 0.15) is 10.7 Å². The molecule has 1 aliphatic heterocycles. The summed E-state index contributed by atoms with van der Waals surface area (Å²) in [7, 11) is 0. The highest BCUT2D eigenvalue weighted by molar-refractivity contribution is 7.14. The first kappa shape index (κ1) is 16.4. The average Bonchev–Trinajstić information content (AvgIpc) is 3.37. The van der Waals surface area contributed by atoms with E-state index in [1.807, 2.05) is 22.9 Å². The lowest BCUT2D eigenvalue weighted by molar-refractivity contribution is 0.0933. The van der Waals surface area contributed by atoms with Gasteiger partial charge < -0.3 is 5.32 Å². The number of thiophene rings is 1. The van der Waals surface area contributed by atoms with E-state index in [2.05, 4.69) is 44.8 Å². The van der Waals surface area contributed by atoms with Crippen LogP contribution in [0.25, 0.3) is 10.6 Å². The summed E-state index contributed by atoms with van der Waals surface area (Å²) in [6.45, 7) is 2.84. The van der Waals surface area contributed by atoms with Gasteiger partial charge in [-0.05, 0) is 23.4 Å². The maximum Gasteiger partial charge on any atom is 0.271 e. The quantitative estimate of drug-likeness (QED) is 0.742. The molecular weight excluding hydrogens is 350 g/mol. The first-order valence-electron chi connectivity index (χ1n) is 8.33. The van der Waals surface area contributed by atoms with E-state index in [0.717, 1.165) is 36.6 Å². The number of benzene rings is 1. The molecule has 0 aliphatic carbocycles. The minimum atomic E-state index is -0.0655. The minimum absolute atomic E-state index is 0.0655. The first-order chi connectivity index (χ1) is 12.3. The summed E-state index contributed by atoms with van der Waals surface area (Å²) in [5.41, 5.74) is 2.92. The number of aromatic nitrogens is 1. The van der Waals surface area contributed by atoms with Crippen molar-refractivity contribution in [1.82, 2.24) is 15.2 Å². The third-order valence-electron chi connectivity index (χ3n) is 4.36. The number of likely N-dealkylation sites (tertiary alicyclic amines) is 1. The number of carbonyl (C=O) groups excluding carboxylic acids is 1. The Morgan fingerprint density at radius 3 is 2.92 bits per heavy atom. The second-order valence-electron chi connectivity index (χ2n) is 6.23.